The van der Waals surface area contributed by atoms with Crippen molar-refractivity contribution in [3.8, 4) is 0 Å². The van der Waals surface area contributed by atoms with Crippen molar-refractivity contribution in [2.24, 2.45) is 0 Å². The van der Waals surface area contributed by atoms with E-state index in [1.807, 2.05) is 35.0 Å². The average molecular weight is 293 g/mol. The molecule has 0 atom stereocenters. The monoisotopic (exact) mass is 293 g/mol. The summed E-state index contributed by atoms with van der Waals surface area (Å²) in [5.41, 5.74) is 4.19. The van der Waals surface area contributed by atoms with E-state index in [4.69, 9.17) is 0 Å². The van der Waals surface area contributed by atoms with Crippen LogP contribution in [0, 0.1) is 6.92 Å². The highest BCUT2D eigenvalue weighted by atomic mass is 16.1. The average Bonchev–Trinajstić information content (AvgIpc) is 2.95. The van der Waals surface area contributed by atoms with Crippen LogP contribution in [0.4, 0.5) is 0 Å². The fourth-order valence-electron chi connectivity index (χ4n) is 2.36. The Labute approximate surface area is 129 Å². The third-order valence-corrected chi connectivity index (χ3v) is 3.64. The van der Waals surface area contributed by atoms with Crippen LogP contribution in [0.15, 0.2) is 54.9 Å². The van der Waals surface area contributed by atoms with Crippen molar-refractivity contribution in [1.29, 1.82) is 0 Å². The molecule has 1 N–H and O–H groups in total. The Hall–Kier alpha value is -2.62. The maximum Gasteiger partial charge on any atom is 0.220 e. The van der Waals surface area contributed by atoms with E-state index in [0.717, 1.165) is 17.8 Å². The van der Waals surface area contributed by atoms with Crippen LogP contribution >= 0.6 is 0 Å². The number of nitrogens with zero attached hydrogens (tertiary/aromatic N) is 2. The smallest absolute Gasteiger partial charge is 0.220 e. The van der Waals surface area contributed by atoms with Gasteiger partial charge in [-0.15, -0.1) is 0 Å². The predicted molar refractivity (Wildman–Crippen MR) is 86.5 cm³/mol. The lowest BCUT2D eigenvalue weighted by molar-refractivity contribution is -0.121. The number of rotatable bonds is 5. The zero-order valence-corrected chi connectivity index (χ0v) is 12.6. The summed E-state index contributed by atoms with van der Waals surface area (Å²) in [4.78, 5) is 16.4. The molecule has 4 nitrogen and oxygen atoms in total. The number of imidazole rings is 1. The van der Waals surface area contributed by atoms with Crippen molar-refractivity contribution in [3.05, 3.63) is 71.7 Å². The largest absolute Gasteiger partial charge is 0.350 e. The number of hydrogen-bond donors (Lipinski definition) is 1. The molecule has 4 heteroatoms. The minimum absolute atomic E-state index is 0.0534. The van der Waals surface area contributed by atoms with E-state index in [9.17, 15) is 4.79 Å². The zero-order valence-electron chi connectivity index (χ0n) is 12.6. The third-order valence-electron chi connectivity index (χ3n) is 3.64. The number of benzene rings is 1. The minimum Gasteiger partial charge on any atom is -0.350 e. The van der Waals surface area contributed by atoms with Gasteiger partial charge in [0.2, 0.25) is 5.91 Å². The summed E-state index contributed by atoms with van der Waals surface area (Å²) in [6.45, 7) is 2.53. The Morgan fingerprint density at radius 2 is 2.00 bits per heavy atom. The molecule has 0 unspecified atom stereocenters. The summed E-state index contributed by atoms with van der Waals surface area (Å²) in [5.74, 6) is 0.0534. The highest BCUT2D eigenvalue weighted by Crippen LogP contribution is 2.07. The number of aromatic nitrogens is 2. The number of carbonyl (C=O) groups excluding carboxylic acids is 1. The standard InChI is InChI=1S/C18H19N3O/c1-14-5-7-15(8-6-14)9-10-18(22)19-12-16-13-21-11-3-2-4-17(21)20-16/h2-8,11,13H,9-10,12H2,1H3,(H,19,22). The quantitative estimate of drug-likeness (QED) is 0.786. The molecule has 0 aliphatic carbocycles. The van der Waals surface area contributed by atoms with Gasteiger partial charge in [-0.3, -0.25) is 4.79 Å². The molecule has 0 saturated carbocycles. The number of fused-ring (bicyclic) bond motifs is 1. The summed E-state index contributed by atoms with van der Waals surface area (Å²) >= 11 is 0. The van der Waals surface area contributed by atoms with Crippen LogP contribution < -0.4 is 5.32 Å². The van der Waals surface area contributed by atoms with Crippen molar-refractivity contribution in [3.63, 3.8) is 0 Å². The Bertz CT molecular complexity index is 741. The number of hydrogen-bond acceptors (Lipinski definition) is 2. The number of pyridine rings is 1. The van der Waals surface area contributed by atoms with Crippen LogP contribution in [0.2, 0.25) is 0 Å². The summed E-state index contributed by atoms with van der Waals surface area (Å²) in [6.07, 6.45) is 5.15. The lowest BCUT2D eigenvalue weighted by Gasteiger charge is -2.04. The van der Waals surface area contributed by atoms with E-state index in [0.29, 0.717) is 13.0 Å². The molecule has 0 radical (unpaired) electrons. The topological polar surface area (TPSA) is 46.4 Å². The van der Waals surface area contributed by atoms with E-state index >= 15 is 0 Å². The zero-order chi connectivity index (χ0) is 15.4. The third kappa shape index (κ3) is 3.52. The molecule has 3 aromatic rings. The lowest BCUT2D eigenvalue weighted by atomic mass is 10.1. The van der Waals surface area contributed by atoms with Gasteiger partial charge in [-0.2, -0.15) is 0 Å². The van der Waals surface area contributed by atoms with Crippen molar-refractivity contribution >= 4 is 11.6 Å². The highest BCUT2D eigenvalue weighted by molar-refractivity contribution is 5.76. The van der Waals surface area contributed by atoms with Crippen molar-refractivity contribution < 1.29 is 4.79 Å². The van der Waals surface area contributed by atoms with Gasteiger partial charge in [0, 0.05) is 18.8 Å². The number of amides is 1. The summed E-state index contributed by atoms with van der Waals surface area (Å²) < 4.78 is 1.95. The van der Waals surface area contributed by atoms with E-state index in [1.165, 1.54) is 11.1 Å². The summed E-state index contributed by atoms with van der Waals surface area (Å²) in [6, 6.07) is 14.1. The van der Waals surface area contributed by atoms with Gasteiger partial charge in [0.1, 0.15) is 5.65 Å². The van der Waals surface area contributed by atoms with Crippen LogP contribution in [0.1, 0.15) is 23.2 Å². The van der Waals surface area contributed by atoms with E-state index < -0.39 is 0 Å². The van der Waals surface area contributed by atoms with Crippen LogP contribution in [-0.4, -0.2) is 15.3 Å². The fraction of sp³-hybridized carbons (Fsp3) is 0.222. The van der Waals surface area contributed by atoms with Crippen molar-refractivity contribution in [2.75, 3.05) is 0 Å². The van der Waals surface area contributed by atoms with Gasteiger partial charge in [0.05, 0.1) is 12.2 Å². The first kappa shape index (κ1) is 14.3. The molecule has 112 valence electrons. The van der Waals surface area contributed by atoms with E-state index in [1.54, 1.807) is 0 Å². The Balaban J connectivity index is 1.50. The first-order chi connectivity index (χ1) is 10.7. The second-order valence-corrected chi connectivity index (χ2v) is 5.46. The Morgan fingerprint density at radius 1 is 1.18 bits per heavy atom. The van der Waals surface area contributed by atoms with Gasteiger partial charge < -0.3 is 9.72 Å². The first-order valence-electron chi connectivity index (χ1n) is 7.45. The molecule has 3 rings (SSSR count). The maximum atomic E-state index is 11.9. The number of aryl methyl sites for hydroxylation is 2. The fourth-order valence-corrected chi connectivity index (χ4v) is 2.36. The van der Waals surface area contributed by atoms with Gasteiger partial charge in [-0.1, -0.05) is 35.9 Å². The molecular formula is C18H19N3O. The summed E-state index contributed by atoms with van der Waals surface area (Å²) in [7, 11) is 0. The SMILES string of the molecule is Cc1ccc(CCC(=O)NCc2cn3ccccc3n2)cc1. The van der Waals surface area contributed by atoms with Crippen LogP contribution in [0.25, 0.3) is 5.65 Å². The molecule has 0 aliphatic rings. The number of nitrogens with one attached hydrogen (secondary N) is 1. The van der Waals surface area contributed by atoms with Crippen LogP contribution in [0.3, 0.4) is 0 Å². The lowest BCUT2D eigenvalue weighted by Crippen LogP contribution is -2.23. The predicted octanol–water partition coefficient (Wildman–Crippen LogP) is 2.89. The Kier molecular flexibility index (Phi) is 4.19. The molecule has 1 aromatic carbocycles. The number of carbonyl (C=O) groups is 1. The van der Waals surface area contributed by atoms with Crippen molar-refractivity contribution in [2.45, 2.75) is 26.3 Å². The maximum absolute atomic E-state index is 11.9. The van der Waals surface area contributed by atoms with Gasteiger partial charge in [0.25, 0.3) is 0 Å². The highest BCUT2D eigenvalue weighted by Gasteiger charge is 2.05. The molecule has 0 fully saturated rings. The van der Waals surface area contributed by atoms with E-state index in [-0.39, 0.29) is 5.91 Å². The van der Waals surface area contributed by atoms with Gasteiger partial charge >= 0.3 is 0 Å². The minimum atomic E-state index is 0.0534. The molecule has 2 aromatic heterocycles. The van der Waals surface area contributed by atoms with Crippen molar-refractivity contribution in [1.82, 2.24) is 14.7 Å². The van der Waals surface area contributed by atoms with Gasteiger partial charge in [-0.25, -0.2) is 4.98 Å². The molecule has 22 heavy (non-hydrogen) atoms. The Morgan fingerprint density at radius 3 is 2.77 bits per heavy atom. The normalized spacial score (nSPS) is 10.8. The van der Waals surface area contributed by atoms with Crippen LogP contribution in [-0.2, 0) is 17.8 Å². The molecule has 0 bridgehead atoms. The molecular weight excluding hydrogens is 274 g/mol. The molecule has 0 aliphatic heterocycles. The van der Waals surface area contributed by atoms with Crippen LogP contribution in [0.5, 0.6) is 0 Å². The van der Waals surface area contributed by atoms with Gasteiger partial charge in [-0.05, 0) is 31.0 Å². The van der Waals surface area contributed by atoms with E-state index in [2.05, 4.69) is 41.5 Å². The molecule has 0 saturated heterocycles. The van der Waals surface area contributed by atoms with Gasteiger partial charge in [0.15, 0.2) is 0 Å². The second-order valence-electron chi connectivity index (χ2n) is 5.46. The molecule has 2 heterocycles. The second kappa shape index (κ2) is 6.43. The first-order valence-corrected chi connectivity index (χ1v) is 7.45. The molecule has 0 spiro atoms. The summed E-state index contributed by atoms with van der Waals surface area (Å²) in [5, 5.41) is 2.93. The molecule has 1 amide bonds.